The van der Waals surface area contributed by atoms with Crippen molar-refractivity contribution in [3.05, 3.63) is 29.6 Å². The van der Waals surface area contributed by atoms with Crippen LogP contribution in [-0.4, -0.2) is 18.3 Å². The lowest BCUT2D eigenvalue weighted by Gasteiger charge is -2.32. The third-order valence-corrected chi connectivity index (χ3v) is 2.75. The van der Waals surface area contributed by atoms with Crippen LogP contribution < -0.4 is 4.74 Å². The summed E-state index contributed by atoms with van der Waals surface area (Å²) >= 11 is 0. The van der Waals surface area contributed by atoms with Gasteiger partial charge >= 0.3 is 0 Å². The quantitative estimate of drug-likeness (QED) is 0.784. The standard InChI is InChI=1S/C11H13FO2/c1-14-10-4-2-3-9(12)11(10)7-5-8(13)6-7/h2-4,7-8,13H,5-6H2,1H3. The third kappa shape index (κ3) is 1.48. The van der Waals surface area contributed by atoms with Crippen molar-refractivity contribution in [2.24, 2.45) is 0 Å². The maximum Gasteiger partial charge on any atom is 0.130 e. The first-order valence-corrected chi connectivity index (χ1v) is 4.73. The zero-order chi connectivity index (χ0) is 10.1. The number of rotatable bonds is 2. The van der Waals surface area contributed by atoms with Crippen LogP contribution in [0.5, 0.6) is 5.75 Å². The first-order valence-electron chi connectivity index (χ1n) is 4.73. The average molecular weight is 196 g/mol. The van der Waals surface area contributed by atoms with Gasteiger partial charge in [-0.2, -0.15) is 0 Å². The monoisotopic (exact) mass is 196 g/mol. The summed E-state index contributed by atoms with van der Waals surface area (Å²) in [6.07, 6.45) is 0.999. The summed E-state index contributed by atoms with van der Waals surface area (Å²) in [5.74, 6) is 0.462. The maximum atomic E-state index is 13.5. The highest BCUT2D eigenvalue weighted by atomic mass is 19.1. The second kappa shape index (κ2) is 3.58. The van der Waals surface area contributed by atoms with E-state index < -0.39 is 0 Å². The van der Waals surface area contributed by atoms with Crippen LogP contribution in [0.1, 0.15) is 24.3 Å². The number of ether oxygens (including phenoxy) is 1. The fraction of sp³-hybridized carbons (Fsp3) is 0.455. The van der Waals surface area contributed by atoms with Crippen LogP contribution in [0, 0.1) is 5.82 Å². The third-order valence-electron chi connectivity index (χ3n) is 2.75. The molecule has 1 fully saturated rings. The first kappa shape index (κ1) is 9.46. The lowest BCUT2D eigenvalue weighted by molar-refractivity contribution is 0.0725. The van der Waals surface area contributed by atoms with E-state index in [9.17, 15) is 9.50 Å². The Bertz CT molecular complexity index is 332. The van der Waals surface area contributed by atoms with Gasteiger partial charge in [0.05, 0.1) is 13.2 Å². The van der Waals surface area contributed by atoms with Crippen LogP contribution in [0.4, 0.5) is 4.39 Å². The van der Waals surface area contributed by atoms with Gasteiger partial charge in [0.25, 0.3) is 0 Å². The summed E-state index contributed by atoms with van der Waals surface area (Å²) in [6.45, 7) is 0. The van der Waals surface area contributed by atoms with Crippen LogP contribution in [-0.2, 0) is 0 Å². The minimum absolute atomic E-state index is 0.112. The van der Waals surface area contributed by atoms with Crippen molar-refractivity contribution < 1.29 is 14.2 Å². The molecule has 0 atom stereocenters. The Morgan fingerprint density at radius 3 is 2.71 bits per heavy atom. The van der Waals surface area contributed by atoms with Crippen molar-refractivity contribution in [3.63, 3.8) is 0 Å². The first-order chi connectivity index (χ1) is 6.72. The van der Waals surface area contributed by atoms with E-state index in [-0.39, 0.29) is 17.8 Å². The normalized spacial score (nSPS) is 25.6. The van der Waals surface area contributed by atoms with E-state index in [1.165, 1.54) is 13.2 Å². The molecule has 1 aliphatic carbocycles. The summed E-state index contributed by atoms with van der Waals surface area (Å²) in [4.78, 5) is 0. The molecule has 1 aliphatic rings. The molecule has 76 valence electrons. The molecule has 14 heavy (non-hydrogen) atoms. The van der Waals surface area contributed by atoms with E-state index in [2.05, 4.69) is 0 Å². The Kier molecular flexibility index (Phi) is 2.42. The smallest absolute Gasteiger partial charge is 0.130 e. The minimum atomic E-state index is -0.274. The number of hydrogen-bond acceptors (Lipinski definition) is 2. The fourth-order valence-electron chi connectivity index (χ4n) is 1.91. The highest BCUT2D eigenvalue weighted by Gasteiger charge is 2.32. The van der Waals surface area contributed by atoms with Crippen LogP contribution in [0.2, 0.25) is 0 Å². The second-order valence-electron chi connectivity index (χ2n) is 3.68. The van der Waals surface area contributed by atoms with Crippen molar-refractivity contribution in [2.75, 3.05) is 7.11 Å². The van der Waals surface area contributed by atoms with Gasteiger partial charge in [-0.15, -0.1) is 0 Å². The van der Waals surface area contributed by atoms with Gasteiger partial charge in [-0.3, -0.25) is 0 Å². The van der Waals surface area contributed by atoms with Gasteiger partial charge in [0.2, 0.25) is 0 Å². The average Bonchev–Trinajstić information content (AvgIpc) is 2.13. The zero-order valence-electron chi connectivity index (χ0n) is 8.03. The van der Waals surface area contributed by atoms with Crippen molar-refractivity contribution >= 4 is 0 Å². The molecule has 2 rings (SSSR count). The van der Waals surface area contributed by atoms with Crippen LogP contribution >= 0.6 is 0 Å². The molecule has 0 amide bonds. The Labute approximate surface area is 82.3 Å². The van der Waals surface area contributed by atoms with Gasteiger partial charge in [-0.25, -0.2) is 4.39 Å². The van der Waals surface area contributed by atoms with Gasteiger partial charge in [0, 0.05) is 5.56 Å². The van der Waals surface area contributed by atoms with Gasteiger partial charge in [-0.1, -0.05) is 6.07 Å². The van der Waals surface area contributed by atoms with E-state index in [1.807, 2.05) is 0 Å². The van der Waals surface area contributed by atoms with Crippen LogP contribution in [0.15, 0.2) is 18.2 Å². The highest BCUT2D eigenvalue weighted by molar-refractivity contribution is 5.38. The summed E-state index contributed by atoms with van der Waals surface area (Å²) in [5, 5.41) is 9.17. The highest BCUT2D eigenvalue weighted by Crippen LogP contribution is 2.42. The molecule has 2 nitrogen and oxygen atoms in total. The SMILES string of the molecule is COc1cccc(F)c1C1CC(O)C1. The Morgan fingerprint density at radius 2 is 2.14 bits per heavy atom. The molecule has 3 heteroatoms. The lowest BCUT2D eigenvalue weighted by Crippen LogP contribution is -2.27. The predicted molar refractivity (Wildman–Crippen MR) is 50.9 cm³/mol. The van der Waals surface area contributed by atoms with Crippen molar-refractivity contribution in [2.45, 2.75) is 24.9 Å². The fourth-order valence-corrected chi connectivity index (χ4v) is 1.91. The van der Waals surface area contributed by atoms with E-state index in [0.29, 0.717) is 24.2 Å². The van der Waals surface area contributed by atoms with Crippen molar-refractivity contribution in [1.82, 2.24) is 0 Å². The lowest BCUT2D eigenvalue weighted by atomic mass is 9.77. The molecule has 0 bridgehead atoms. The van der Waals surface area contributed by atoms with Crippen LogP contribution in [0.25, 0.3) is 0 Å². The molecule has 0 saturated heterocycles. The molecule has 1 N–H and O–H groups in total. The molecular weight excluding hydrogens is 183 g/mol. The number of halogens is 1. The predicted octanol–water partition coefficient (Wildman–Crippen LogP) is 2.07. The topological polar surface area (TPSA) is 29.5 Å². The molecule has 0 radical (unpaired) electrons. The van der Waals surface area contributed by atoms with Crippen LogP contribution in [0.3, 0.4) is 0 Å². The van der Waals surface area contributed by atoms with Gasteiger partial charge in [0.1, 0.15) is 11.6 Å². The number of benzene rings is 1. The molecule has 1 aromatic carbocycles. The van der Waals surface area contributed by atoms with Crippen molar-refractivity contribution in [1.29, 1.82) is 0 Å². The van der Waals surface area contributed by atoms with Gasteiger partial charge < -0.3 is 9.84 Å². The summed E-state index contributed by atoms with van der Waals surface area (Å²) < 4.78 is 18.6. The number of hydrogen-bond donors (Lipinski definition) is 1. The van der Waals surface area contributed by atoms with E-state index in [1.54, 1.807) is 12.1 Å². The Balaban J connectivity index is 2.30. The number of aliphatic hydroxyl groups is 1. The molecule has 0 aromatic heterocycles. The zero-order valence-corrected chi connectivity index (χ0v) is 8.03. The summed E-state index contributed by atoms with van der Waals surface area (Å²) in [7, 11) is 1.54. The number of methoxy groups -OCH3 is 1. The summed E-state index contributed by atoms with van der Waals surface area (Å²) in [5.41, 5.74) is 0.611. The maximum absolute atomic E-state index is 13.5. The van der Waals surface area contributed by atoms with E-state index in [4.69, 9.17) is 4.74 Å². The van der Waals surface area contributed by atoms with Crippen molar-refractivity contribution in [3.8, 4) is 5.75 Å². The molecule has 0 heterocycles. The largest absolute Gasteiger partial charge is 0.496 e. The molecule has 0 unspecified atom stereocenters. The molecule has 0 spiro atoms. The second-order valence-corrected chi connectivity index (χ2v) is 3.68. The van der Waals surface area contributed by atoms with E-state index >= 15 is 0 Å². The summed E-state index contributed by atoms with van der Waals surface area (Å²) in [6, 6.07) is 4.82. The minimum Gasteiger partial charge on any atom is -0.496 e. The van der Waals surface area contributed by atoms with E-state index in [0.717, 1.165) is 0 Å². The molecule has 1 saturated carbocycles. The molecule has 1 aromatic rings. The Morgan fingerprint density at radius 1 is 1.43 bits per heavy atom. The number of aliphatic hydroxyl groups excluding tert-OH is 1. The Hall–Kier alpha value is -1.09. The van der Waals surface area contributed by atoms with Gasteiger partial charge in [0.15, 0.2) is 0 Å². The van der Waals surface area contributed by atoms with Gasteiger partial charge in [-0.05, 0) is 30.9 Å². The molecule has 0 aliphatic heterocycles. The molecular formula is C11H13FO2.